The van der Waals surface area contributed by atoms with Crippen LogP contribution in [-0.4, -0.2) is 17.0 Å². The van der Waals surface area contributed by atoms with E-state index in [1.54, 1.807) is 12.1 Å². The second-order valence-corrected chi connectivity index (χ2v) is 5.68. The fourth-order valence-electron chi connectivity index (χ4n) is 1.60. The van der Waals surface area contributed by atoms with E-state index in [1.807, 2.05) is 0 Å². The molecular weight excluding hydrogens is 317 g/mol. The molecule has 4 nitrogen and oxygen atoms in total. The average Bonchev–Trinajstić information content (AvgIpc) is 2.82. The van der Waals surface area contributed by atoms with E-state index in [4.69, 9.17) is 16.7 Å². The predicted molar refractivity (Wildman–Crippen MR) is 80.4 cm³/mol. The van der Waals surface area contributed by atoms with E-state index in [-0.39, 0.29) is 5.69 Å². The minimum Gasteiger partial charge on any atom is -0.478 e. The van der Waals surface area contributed by atoms with Crippen molar-refractivity contribution in [1.29, 1.82) is 0 Å². The third kappa shape index (κ3) is 3.90. The van der Waals surface area contributed by atoms with Crippen LogP contribution in [0.25, 0.3) is 6.08 Å². The minimum absolute atomic E-state index is 0.0960. The summed E-state index contributed by atoms with van der Waals surface area (Å²) < 4.78 is 14.0. The highest BCUT2D eigenvalue weighted by atomic mass is 35.5. The van der Waals surface area contributed by atoms with Crippen LogP contribution in [0.3, 0.4) is 0 Å². The first-order chi connectivity index (χ1) is 9.97. The molecule has 1 amide bonds. The Hall–Kier alpha value is -2.18. The Balaban J connectivity index is 2.15. The molecule has 0 aliphatic carbocycles. The van der Waals surface area contributed by atoms with Crippen LogP contribution in [0.15, 0.2) is 36.4 Å². The van der Waals surface area contributed by atoms with Crippen LogP contribution in [-0.2, 0) is 4.79 Å². The number of carboxylic acids is 1. The molecule has 2 rings (SSSR count). The number of anilines is 1. The van der Waals surface area contributed by atoms with Crippen molar-refractivity contribution >= 4 is 46.6 Å². The molecule has 1 aromatic carbocycles. The Kier molecular flexibility index (Phi) is 4.72. The number of benzene rings is 1. The summed E-state index contributed by atoms with van der Waals surface area (Å²) in [6.45, 7) is 0. The number of hydrogen-bond acceptors (Lipinski definition) is 3. The lowest BCUT2D eigenvalue weighted by Crippen LogP contribution is -2.13. The Labute approximate surface area is 128 Å². The van der Waals surface area contributed by atoms with E-state index >= 15 is 0 Å². The fourth-order valence-corrected chi connectivity index (χ4v) is 2.56. The number of nitrogens with one attached hydrogen (secondary N) is 1. The molecule has 0 atom stereocenters. The molecule has 108 valence electrons. The molecule has 0 fully saturated rings. The number of hydrogen-bond donors (Lipinski definition) is 2. The lowest BCUT2D eigenvalue weighted by atomic mass is 10.1. The third-order valence-corrected chi connectivity index (χ3v) is 3.67. The molecular formula is C14H9ClFNO3S. The lowest BCUT2D eigenvalue weighted by molar-refractivity contribution is -0.111. The molecule has 0 unspecified atom stereocenters. The van der Waals surface area contributed by atoms with Crippen LogP contribution in [0, 0.1) is 5.82 Å². The Morgan fingerprint density at radius 1 is 1.29 bits per heavy atom. The normalized spacial score (nSPS) is 10.8. The molecule has 2 aromatic rings. The molecule has 0 radical (unpaired) electrons. The van der Waals surface area contributed by atoms with Gasteiger partial charge in [0.15, 0.2) is 0 Å². The first-order valence-corrected chi connectivity index (χ1v) is 6.93. The van der Waals surface area contributed by atoms with Crippen molar-refractivity contribution in [2.75, 3.05) is 5.32 Å². The highest BCUT2D eigenvalue weighted by Crippen LogP contribution is 2.23. The molecule has 1 heterocycles. The lowest BCUT2D eigenvalue weighted by Gasteiger charge is -2.06. The Morgan fingerprint density at radius 3 is 2.67 bits per heavy atom. The summed E-state index contributed by atoms with van der Waals surface area (Å²) in [7, 11) is 0. The van der Waals surface area contributed by atoms with Crippen LogP contribution in [0.1, 0.15) is 15.2 Å². The van der Waals surface area contributed by atoms with E-state index in [2.05, 4.69) is 5.32 Å². The molecule has 7 heteroatoms. The van der Waals surface area contributed by atoms with Gasteiger partial charge in [-0.2, -0.15) is 0 Å². The highest BCUT2D eigenvalue weighted by molar-refractivity contribution is 7.17. The van der Waals surface area contributed by atoms with E-state index in [0.29, 0.717) is 4.34 Å². The van der Waals surface area contributed by atoms with Crippen molar-refractivity contribution in [1.82, 2.24) is 0 Å². The third-order valence-electron chi connectivity index (χ3n) is 2.48. The molecule has 0 saturated carbocycles. The van der Waals surface area contributed by atoms with E-state index in [0.717, 1.165) is 10.9 Å². The van der Waals surface area contributed by atoms with Crippen LogP contribution >= 0.6 is 22.9 Å². The van der Waals surface area contributed by atoms with Crippen LogP contribution < -0.4 is 5.32 Å². The molecule has 21 heavy (non-hydrogen) atoms. The summed E-state index contributed by atoms with van der Waals surface area (Å²) in [6.07, 6.45) is 2.75. The quantitative estimate of drug-likeness (QED) is 0.838. The topological polar surface area (TPSA) is 66.4 Å². The number of thiophene rings is 1. The summed E-state index contributed by atoms with van der Waals surface area (Å²) in [5.41, 5.74) is -0.667. The van der Waals surface area contributed by atoms with Gasteiger partial charge in [-0.05, 0) is 30.3 Å². The van der Waals surface area contributed by atoms with Gasteiger partial charge in [-0.15, -0.1) is 11.3 Å². The van der Waals surface area contributed by atoms with Crippen LogP contribution in [0.2, 0.25) is 4.34 Å². The standard InChI is InChI=1S/C14H9ClFNO3S/c15-11-6-4-8(21-11)5-7-12(18)17-10-3-1-2-9(16)13(10)14(19)20/h1-7H,(H,17,18)(H,19,20)/b7-5+. The summed E-state index contributed by atoms with van der Waals surface area (Å²) >= 11 is 7.05. The zero-order valence-corrected chi connectivity index (χ0v) is 12.0. The average molecular weight is 326 g/mol. The van der Waals surface area contributed by atoms with Crippen molar-refractivity contribution in [2.45, 2.75) is 0 Å². The second-order valence-electron chi connectivity index (χ2n) is 3.93. The van der Waals surface area contributed by atoms with Gasteiger partial charge >= 0.3 is 5.97 Å². The molecule has 0 spiro atoms. The van der Waals surface area contributed by atoms with Crippen molar-refractivity contribution in [3.63, 3.8) is 0 Å². The van der Waals surface area contributed by atoms with Gasteiger partial charge in [-0.3, -0.25) is 4.79 Å². The first-order valence-electron chi connectivity index (χ1n) is 5.73. The maximum absolute atomic E-state index is 13.4. The maximum atomic E-state index is 13.4. The zero-order chi connectivity index (χ0) is 15.4. The highest BCUT2D eigenvalue weighted by Gasteiger charge is 2.16. The SMILES string of the molecule is O=C(/C=C/c1ccc(Cl)s1)Nc1cccc(F)c1C(=O)O. The summed E-state index contributed by atoms with van der Waals surface area (Å²) in [5.74, 6) is -2.92. The molecule has 2 N–H and O–H groups in total. The van der Waals surface area contributed by atoms with Crippen LogP contribution in [0.4, 0.5) is 10.1 Å². The van der Waals surface area contributed by atoms with Gasteiger partial charge in [0.05, 0.1) is 10.0 Å². The number of rotatable bonds is 4. The van der Waals surface area contributed by atoms with Crippen molar-refractivity contribution < 1.29 is 19.1 Å². The predicted octanol–water partition coefficient (Wildman–Crippen LogP) is 3.89. The summed E-state index contributed by atoms with van der Waals surface area (Å²) in [5, 5.41) is 11.3. The van der Waals surface area contributed by atoms with Gasteiger partial charge in [-0.25, -0.2) is 9.18 Å². The van der Waals surface area contributed by atoms with Crippen molar-refractivity contribution in [2.24, 2.45) is 0 Å². The maximum Gasteiger partial charge on any atom is 0.340 e. The molecule has 0 bridgehead atoms. The molecule has 0 aliphatic heterocycles. The summed E-state index contributed by atoms with van der Waals surface area (Å²) in [6, 6.07) is 7.09. The van der Waals surface area contributed by atoms with E-state index < -0.39 is 23.3 Å². The number of aromatic carboxylic acids is 1. The monoisotopic (exact) mass is 325 g/mol. The minimum atomic E-state index is -1.45. The van der Waals surface area contributed by atoms with Crippen molar-refractivity contribution in [3.05, 3.63) is 57.0 Å². The smallest absolute Gasteiger partial charge is 0.340 e. The number of amides is 1. The van der Waals surface area contributed by atoms with Crippen LogP contribution in [0.5, 0.6) is 0 Å². The Morgan fingerprint density at radius 2 is 2.05 bits per heavy atom. The van der Waals surface area contributed by atoms with Gasteiger partial charge < -0.3 is 10.4 Å². The molecule has 0 saturated heterocycles. The van der Waals surface area contributed by atoms with Gasteiger partial charge in [-0.1, -0.05) is 17.7 Å². The van der Waals surface area contributed by atoms with E-state index in [9.17, 15) is 14.0 Å². The van der Waals surface area contributed by atoms with Crippen molar-refractivity contribution in [3.8, 4) is 0 Å². The number of carbonyl (C=O) groups excluding carboxylic acids is 1. The molecule has 0 aliphatic rings. The van der Waals surface area contributed by atoms with Gasteiger partial charge in [0.25, 0.3) is 0 Å². The van der Waals surface area contributed by atoms with Gasteiger partial charge in [0.2, 0.25) is 5.91 Å². The molecule has 1 aromatic heterocycles. The number of carboxylic acid groups (broad SMARTS) is 1. The van der Waals surface area contributed by atoms with Gasteiger partial charge in [0.1, 0.15) is 11.4 Å². The second kappa shape index (κ2) is 6.51. The number of halogens is 2. The van der Waals surface area contributed by atoms with E-state index in [1.165, 1.54) is 35.6 Å². The number of carbonyl (C=O) groups is 2. The fraction of sp³-hybridized carbons (Fsp3) is 0. The Bertz CT molecular complexity index is 727. The first kappa shape index (κ1) is 15.2. The summed E-state index contributed by atoms with van der Waals surface area (Å²) in [4.78, 5) is 23.5. The largest absolute Gasteiger partial charge is 0.478 e. The zero-order valence-electron chi connectivity index (χ0n) is 10.5. The van der Waals surface area contributed by atoms with Gasteiger partial charge in [0, 0.05) is 11.0 Å².